The highest BCUT2D eigenvalue weighted by atomic mass is 16.3. The highest BCUT2D eigenvalue weighted by Gasteiger charge is 2.07. The van der Waals surface area contributed by atoms with Gasteiger partial charge in [-0.15, -0.1) is 0 Å². The van der Waals surface area contributed by atoms with Crippen LogP contribution in [0.3, 0.4) is 0 Å². The van der Waals surface area contributed by atoms with Crippen LogP contribution in [0.2, 0.25) is 0 Å². The molecule has 0 aromatic heterocycles. The van der Waals surface area contributed by atoms with Crippen molar-refractivity contribution in [2.75, 3.05) is 19.7 Å². The Morgan fingerprint density at radius 2 is 2.20 bits per heavy atom. The van der Waals surface area contributed by atoms with Gasteiger partial charge in [0, 0.05) is 19.6 Å². The molecular formula is C11H24N2O2. The first-order valence-electron chi connectivity index (χ1n) is 5.82. The van der Waals surface area contributed by atoms with Gasteiger partial charge in [-0.1, -0.05) is 13.3 Å². The Labute approximate surface area is 92.2 Å². The first-order chi connectivity index (χ1) is 7.24. The second-order valence-corrected chi connectivity index (χ2v) is 3.84. The van der Waals surface area contributed by atoms with Gasteiger partial charge in [0.25, 0.3) is 0 Å². The summed E-state index contributed by atoms with van der Waals surface area (Å²) in [5.74, 6) is 0.494. The number of nitrogens with two attached hydrogens (primary N) is 1. The Morgan fingerprint density at radius 1 is 1.47 bits per heavy atom. The third-order valence-corrected chi connectivity index (χ3v) is 2.56. The van der Waals surface area contributed by atoms with Gasteiger partial charge in [-0.2, -0.15) is 0 Å². The maximum absolute atomic E-state index is 11.3. The first kappa shape index (κ1) is 14.4. The summed E-state index contributed by atoms with van der Waals surface area (Å²) in [6, 6.07) is 0. The molecule has 0 aliphatic carbocycles. The summed E-state index contributed by atoms with van der Waals surface area (Å²) in [4.78, 5) is 11.3. The molecule has 0 aliphatic rings. The van der Waals surface area contributed by atoms with Crippen LogP contribution in [0.25, 0.3) is 0 Å². The molecule has 0 aromatic carbocycles. The number of hydrogen-bond donors (Lipinski definition) is 3. The zero-order valence-electron chi connectivity index (χ0n) is 9.67. The molecule has 0 bridgehead atoms. The lowest BCUT2D eigenvalue weighted by molar-refractivity contribution is -0.121. The predicted octanol–water partition coefficient (Wildman–Crippen LogP) is 0.640. The smallest absolute Gasteiger partial charge is 0.220 e. The van der Waals surface area contributed by atoms with Crippen LogP contribution in [0.1, 0.15) is 39.0 Å². The molecule has 4 N–H and O–H groups in total. The Bertz CT molecular complexity index is 163. The Morgan fingerprint density at radius 3 is 2.73 bits per heavy atom. The summed E-state index contributed by atoms with van der Waals surface area (Å²) in [6.07, 6.45) is 4.08. The predicted molar refractivity (Wildman–Crippen MR) is 61.4 cm³/mol. The van der Waals surface area contributed by atoms with E-state index in [1.54, 1.807) is 0 Å². The second kappa shape index (κ2) is 9.93. The zero-order valence-corrected chi connectivity index (χ0v) is 9.67. The van der Waals surface area contributed by atoms with Crippen molar-refractivity contribution in [1.29, 1.82) is 0 Å². The highest BCUT2D eigenvalue weighted by molar-refractivity contribution is 5.75. The number of unbranched alkanes of at least 4 members (excludes halogenated alkanes) is 1. The number of aliphatic hydroxyl groups is 1. The van der Waals surface area contributed by atoms with Crippen LogP contribution in [0.15, 0.2) is 0 Å². The van der Waals surface area contributed by atoms with Gasteiger partial charge in [-0.25, -0.2) is 0 Å². The molecular weight excluding hydrogens is 192 g/mol. The van der Waals surface area contributed by atoms with E-state index in [4.69, 9.17) is 10.8 Å². The van der Waals surface area contributed by atoms with Crippen LogP contribution in [-0.2, 0) is 4.79 Å². The lowest BCUT2D eigenvalue weighted by Crippen LogP contribution is -2.29. The highest BCUT2D eigenvalue weighted by Crippen LogP contribution is 2.05. The van der Waals surface area contributed by atoms with Crippen LogP contribution >= 0.6 is 0 Å². The van der Waals surface area contributed by atoms with Gasteiger partial charge < -0.3 is 16.2 Å². The molecule has 4 nitrogen and oxygen atoms in total. The van der Waals surface area contributed by atoms with Crippen molar-refractivity contribution in [3.05, 3.63) is 0 Å². The maximum atomic E-state index is 11.3. The third kappa shape index (κ3) is 8.39. The number of aliphatic hydroxyl groups excluding tert-OH is 1. The van der Waals surface area contributed by atoms with Gasteiger partial charge in [-0.3, -0.25) is 4.79 Å². The van der Waals surface area contributed by atoms with E-state index in [0.29, 0.717) is 25.4 Å². The Kier molecular flexibility index (Phi) is 9.52. The lowest BCUT2D eigenvalue weighted by Gasteiger charge is -2.14. The average Bonchev–Trinajstić information content (AvgIpc) is 2.24. The van der Waals surface area contributed by atoms with Crippen molar-refractivity contribution in [3.8, 4) is 0 Å². The van der Waals surface area contributed by atoms with E-state index in [2.05, 4.69) is 12.2 Å². The molecule has 1 unspecified atom stereocenters. The molecule has 0 spiro atoms. The molecule has 0 radical (unpaired) electrons. The largest absolute Gasteiger partial charge is 0.396 e. The van der Waals surface area contributed by atoms with Crippen molar-refractivity contribution in [2.45, 2.75) is 39.0 Å². The molecule has 0 rings (SSSR count). The summed E-state index contributed by atoms with van der Waals surface area (Å²) in [6.45, 7) is 3.59. The maximum Gasteiger partial charge on any atom is 0.220 e. The molecule has 0 heterocycles. The van der Waals surface area contributed by atoms with Crippen molar-refractivity contribution in [1.82, 2.24) is 5.32 Å². The molecule has 0 saturated carbocycles. The molecule has 0 fully saturated rings. The van der Waals surface area contributed by atoms with Crippen LogP contribution < -0.4 is 11.1 Å². The van der Waals surface area contributed by atoms with Crippen molar-refractivity contribution >= 4 is 5.91 Å². The third-order valence-electron chi connectivity index (χ3n) is 2.56. The van der Waals surface area contributed by atoms with Gasteiger partial charge >= 0.3 is 0 Å². The molecule has 0 aromatic rings. The number of nitrogens with one attached hydrogen (secondary N) is 1. The minimum absolute atomic E-state index is 0.0971. The first-order valence-corrected chi connectivity index (χ1v) is 5.82. The lowest BCUT2D eigenvalue weighted by atomic mass is 10.0. The van der Waals surface area contributed by atoms with Gasteiger partial charge in [-0.05, 0) is 31.7 Å². The van der Waals surface area contributed by atoms with Crippen LogP contribution in [0.4, 0.5) is 0 Å². The number of amides is 1. The summed E-state index contributed by atoms with van der Waals surface area (Å²) in [5, 5.41) is 11.7. The fourth-order valence-electron chi connectivity index (χ4n) is 1.41. The quantitative estimate of drug-likeness (QED) is 0.495. The Balaban J connectivity index is 3.50. The minimum atomic E-state index is 0.0971. The number of rotatable bonds is 9. The van der Waals surface area contributed by atoms with E-state index in [1.807, 2.05) is 0 Å². The average molecular weight is 216 g/mol. The van der Waals surface area contributed by atoms with E-state index in [-0.39, 0.29) is 12.5 Å². The van der Waals surface area contributed by atoms with E-state index in [9.17, 15) is 4.79 Å². The summed E-state index contributed by atoms with van der Waals surface area (Å²) in [5.41, 5.74) is 5.34. The van der Waals surface area contributed by atoms with Gasteiger partial charge in [0.2, 0.25) is 5.91 Å². The topological polar surface area (TPSA) is 75.3 Å². The minimum Gasteiger partial charge on any atom is -0.396 e. The number of carbonyl (C=O) groups excluding carboxylic acids is 1. The molecule has 90 valence electrons. The van der Waals surface area contributed by atoms with Gasteiger partial charge in [0.15, 0.2) is 0 Å². The fourth-order valence-corrected chi connectivity index (χ4v) is 1.41. The van der Waals surface area contributed by atoms with Crippen LogP contribution in [-0.4, -0.2) is 30.7 Å². The standard InChI is InChI=1S/C11H24N2O2/c1-2-10(6-8-14)9-13-11(15)5-3-4-7-12/h10,14H,2-9,12H2,1H3,(H,13,15). The molecule has 1 atom stereocenters. The van der Waals surface area contributed by atoms with Crippen LogP contribution in [0, 0.1) is 5.92 Å². The SMILES string of the molecule is CCC(CCO)CNC(=O)CCCCN. The second-order valence-electron chi connectivity index (χ2n) is 3.84. The van der Waals surface area contributed by atoms with Crippen molar-refractivity contribution < 1.29 is 9.90 Å². The van der Waals surface area contributed by atoms with Gasteiger partial charge in [0.05, 0.1) is 0 Å². The zero-order chi connectivity index (χ0) is 11.5. The van der Waals surface area contributed by atoms with Gasteiger partial charge in [0.1, 0.15) is 0 Å². The summed E-state index contributed by atoms with van der Waals surface area (Å²) < 4.78 is 0. The molecule has 0 aliphatic heterocycles. The number of hydrogen-bond acceptors (Lipinski definition) is 3. The fraction of sp³-hybridized carbons (Fsp3) is 0.909. The van der Waals surface area contributed by atoms with Crippen LogP contribution in [0.5, 0.6) is 0 Å². The summed E-state index contributed by atoms with van der Waals surface area (Å²) in [7, 11) is 0. The molecule has 1 amide bonds. The molecule has 4 heteroatoms. The summed E-state index contributed by atoms with van der Waals surface area (Å²) >= 11 is 0. The monoisotopic (exact) mass is 216 g/mol. The molecule has 0 saturated heterocycles. The van der Waals surface area contributed by atoms with E-state index < -0.39 is 0 Å². The van der Waals surface area contributed by atoms with E-state index >= 15 is 0 Å². The molecule has 15 heavy (non-hydrogen) atoms. The normalized spacial score (nSPS) is 12.5. The van der Waals surface area contributed by atoms with Crippen molar-refractivity contribution in [2.24, 2.45) is 11.7 Å². The number of carbonyl (C=O) groups is 1. The Hall–Kier alpha value is -0.610. The van der Waals surface area contributed by atoms with E-state index in [0.717, 1.165) is 25.7 Å². The van der Waals surface area contributed by atoms with Crippen molar-refractivity contribution in [3.63, 3.8) is 0 Å². The van der Waals surface area contributed by atoms with E-state index in [1.165, 1.54) is 0 Å².